The second-order valence-electron chi connectivity index (χ2n) is 5.66. The van der Waals surface area contributed by atoms with Crippen LogP contribution in [0.15, 0.2) is 30.3 Å². The molecule has 106 valence electrons. The summed E-state index contributed by atoms with van der Waals surface area (Å²) in [6, 6.07) is 9.81. The molecule has 20 heavy (non-hydrogen) atoms. The van der Waals surface area contributed by atoms with Gasteiger partial charge in [0.05, 0.1) is 5.69 Å². The number of hydrogen-bond acceptors (Lipinski definition) is 3. The zero-order valence-corrected chi connectivity index (χ0v) is 12.2. The van der Waals surface area contributed by atoms with Crippen molar-refractivity contribution >= 4 is 11.9 Å². The number of hydrogen-bond donors (Lipinski definition) is 2. The number of nitrogens with zero attached hydrogens (tertiary/aromatic N) is 1. The fourth-order valence-corrected chi connectivity index (χ4v) is 1.75. The first-order chi connectivity index (χ1) is 9.33. The van der Waals surface area contributed by atoms with Crippen LogP contribution in [0.2, 0.25) is 0 Å². The van der Waals surface area contributed by atoms with Crippen molar-refractivity contribution in [2.75, 3.05) is 5.32 Å². The van der Waals surface area contributed by atoms with Crippen LogP contribution in [-0.2, 0) is 4.74 Å². The average molecular weight is 273 g/mol. The van der Waals surface area contributed by atoms with Gasteiger partial charge >= 0.3 is 6.09 Å². The van der Waals surface area contributed by atoms with Gasteiger partial charge in [0.1, 0.15) is 5.60 Å². The molecule has 0 bridgehead atoms. The molecule has 2 rings (SSSR count). The third kappa shape index (κ3) is 3.85. The van der Waals surface area contributed by atoms with Gasteiger partial charge in [-0.05, 0) is 39.3 Å². The molecule has 1 aromatic carbocycles. The Balaban J connectivity index is 2.08. The molecule has 1 heterocycles. The molecule has 2 N–H and O–H groups in total. The highest BCUT2D eigenvalue weighted by atomic mass is 16.6. The molecule has 1 aromatic heterocycles. The Hall–Kier alpha value is -2.30. The molecular weight excluding hydrogens is 254 g/mol. The number of anilines is 1. The number of ether oxygens (including phenoxy) is 1. The molecule has 0 saturated carbocycles. The molecule has 0 aliphatic heterocycles. The third-order valence-electron chi connectivity index (χ3n) is 2.54. The maximum absolute atomic E-state index is 11.6. The van der Waals surface area contributed by atoms with Crippen LogP contribution in [0.5, 0.6) is 0 Å². The zero-order valence-electron chi connectivity index (χ0n) is 12.2. The van der Waals surface area contributed by atoms with Crippen molar-refractivity contribution in [3.8, 4) is 11.3 Å². The number of aromatic nitrogens is 2. The first-order valence-electron chi connectivity index (χ1n) is 6.46. The Labute approximate surface area is 118 Å². The van der Waals surface area contributed by atoms with Crippen LogP contribution >= 0.6 is 0 Å². The highest BCUT2D eigenvalue weighted by molar-refractivity contribution is 5.84. The van der Waals surface area contributed by atoms with Gasteiger partial charge in [-0.2, -0.15) is 5.10 Å². The van der Waals surface area contributed by atoms with E-state index in [-0.39, 0.29) is 0 Å². The van der Waals surface area contributed by atoms with E-state index in [2.05, 4.69) is 15.5 Å². The highest BCUT2D eigenvalue weighted by Gasteiger charge is 2.17. The predicted molar refractivity (Wildman–Crippen MR) is 78.6 cm³/mol. The van der Waals surface area contributed by atoms with Gasteiger partial charge in [0.15, 0.2) is 5.82 Å². The minimum absolute atomic E-state index is 0.441. The topological polar surface area (TPSA) is 67.0 Å². The second-order valence-corrected chi connectivity index (χ2v) is 5.66. The van der Waals surface area contributed by atoms with Crippen molar-refractivity contribution in [1.82, 2.24) is 10.2 Å². The van der Waals surface area contributed by atoms with Gasteiger partial charge in [0, 0.05) is 6.07 Å². The Kier molecular flexibility index (Phi) is 3.79. The number of rotatable bonds is 2. The van der Waals surface area contributed by atoms with Gasteiger partial charge in [0.2, 0.25) is 0 Å². The van der Waals surface area contributed by atoms with E-state index in [4.69, 9.17) is 4.74 Å². The minimum atomic E-state index is -0.528. The summed E-state index contributed by atoms with van der Waals surface area (Å²) in [5.41, 5.74) is 2.51. The van der Waals surface area contributed by atoms with Gasteiger partial charge in [0.25, 0.3) is 0 Å². The number of amides is 1. The van der Waals surface area contributed by atoms with Gasteiger partial charge in [-0.15, -0.1) is 0 Å². The molecular formula is C15H19N3O2. The van der Waals surface area contributed by atoms with Crippen LogP contribution in [-0.4, -0.2) is 21.9 Å². The summed E-state index contributed by atoms with van der Waals surface area (Å²) in [6.07, 6.45) is -0.514. The number of aromatic amines is 1. The number of H-pyrrole nitrogens is 1. The van der Waals surface area contributed by atoms with Gasteiger partial charge in [-0.1, -0.05) is 23.8 Å². The van der Waals surface area contributed by atoms with Crippen LogP contribution in [0.1, 0.15) is 26.3 Å². The molecule has 5 heteroatoms. The Morgan fingerprint density at radius 3 is 2.70 bits per heavy atom. The van der Waals surface area contributed by atoms with Crippen LogP contribution in [0.4, 0.5) is 10.6 Å². The molecule has 0 atom stereocenters. The van der Waals surface area contributed by atoms with E-state index in [0.29, 0.717) is 5.82 Å². The number of carbonyl (C=O) groups is 1. The van der Waals surface area contributed by atoms with E-state index in [1.165, 1.54) is 5.56 Å². The SMILES string of the molecule is Cc1cccc(-c2cc(NC(=O)OC(C)(C)C)n[nH]2)c1. The van der Waals surface area contributed by atoms with Gasteiger partial charge in [-0.3, -0.25) is 10.4 Å². The molecule has 0 unspecified atom stereocenters. The minimum Gasteiger partial charge on any atom is -0.444 e. The Morgan fingerprint density at radius 1 is 1.30 bits per heavy atom. The number of benzene rings is 1. The highest BCUT2D eigenvalue weighted by Crippen LogP contribution is 2.21. The average Bonchev–Trinajstić information content (AvgIpc) is 2.74. The molecule has 0 fully saturated rings. The monoisotopic (exact) mass is 273 g/mol. The lowest BCUT2D eigenvalue weighted by Gasteiger charge is -2.18. The van der Waals surface area contributed by atoms with E-state index < -0.39 is 11.7 Å². The lowest BCUT2D eigenvalue weighted by molar-refractivity contribution is 0.0635. The first-order valence-corrected chi connectivity index (χ1v) is 6.46. The van der Waals surface area contributed by atoms with Crippen molar-refractivity contribution in [3.63, 3.8) is 0 Å². The standard InChI is InChI=1S/C15H19N3O2/c1-10-6-5-7-11(8-10)12-9-13(18-17-12)16-14(19)20-15(2,3)4/h5-9H,1-4H3,(H2,16,17,18,19). The molecule has 0 aliphatic carbocycles. The summed E-state index contributed by atoms with van der Waals surface area (Å²) in [4.78, 5) is 11.6. The van der Waals surface area contributed by atoms with Gasteiger partial charge < -0.3 is 4.74 Å². The van der Waals surface area contributed by atoms with Crippen molar-refractivity contribution in [1.29, 1.82) is 0 Å². The van der Waals surface area contributed by atoms with Crippen molar-refractivity contribution in [2.45, 2.75) is 33.3 Å². The molecule has 5 nitrogen and oxygen atoms in total. The second kappa shape index (κ2) is 5.36. The fourth-order valence-electron chi connectivity index (χ4n) is 1.75. The zero-order chi connectivity index (χ0) is 14.8. The third-order valence-corrected chi connectivity index (χ3v) is 2.54. The van der Waals surface area contributed by atoms with E-state index in [9.17, 15) is 4.79 Å². The molecule has 0 radical (unpaired) electrons. The maximum Gasteiger partial charge on any atom is 0.413 e. The van der Waals surface area contributed by atoms with Crippen molar-refractivity contribution in [2.24, 2.45) is 0 Å². The summed E-state index contributed by atoms with van der Waals surface area (Å²) in [5.74, 6) is 0.441. The van der Waals surface area contributed by atoms with Gasteiger partial charge in [-0.25, -0.2) is 4.79 Å². The Bertz CT molecular complexity index is 612. The summed E-state index contributed by atoms with van der Waals surface area (Å²) in [6.45, 7) is 7.47. The van der Waals surface area contributed by atoms with Crippen LogP contribution in [0.25, 0.3) is 11.3 Å². The van der Waals surface area contributed by atoms with Crippen LogP contribution in [0.3, 0.4) is 0 Å². The largest absolute Gasteiger partial charge is 0.444 e. The molecule has 1 amide bonds. The summed E-state index contributed by atoms with van der Waals surface area (Å²) < 4.78 is 5.17. The predicted octanol–water partition coefficient (Wildman–Crippen LogP) is 3.73. The van der Waals surface area contributed by atoms with E-state index in [1.54, 1.807) is 6.07 Å². The fraction of sp³-hybridized carbons (Fsp3) is 0.333. The molecule has 2 aromatic rings. The maximum atomic E-state index is 11.6. The molecule has 0 aliphatic rings. The lowest BCUT2D eigenvalue weighted by Crippen LogP contribution is -2.27. The normalized spacial score (nSPS) is 11.2. The van der Waals surface area contributed by atoms with E-state index >= 15 is 0 Å². The van der Waals surface area contributed by atoms with Crippen molar-refractivity contribution in [3.05, 3.63) is 35.9 Å². The first kappa shape index (κ1) is 14.1. The van der Waals surface area contributed by atoms with E-state index in [1.807, 2.05) is 52.0 Å². The number of aryl methyl sites for hydroxylation is 1. The van der Waals surface area contributed by atoms with Crippen molar-refractivity contribution < 1.29 is 9.53 Å². The van der Waals surface area contributed by atoms with Crippen LogP contribution < -0.4 is 5.32 Å². The number of carbonyl (C=O) groups excluding carboxylic acids is 1. The lowest BCUT2D eigenvalue weighted by atomic mass is 10.1. The van der Waals surface area contributed by atoms with Crippen LogP contribution in [0, 0.1) is 6.92 Å². The summed E-state index contributed by atoms with van der Waals surface area (Å²) in [7, 11) is 0. The molecule has 0 spiro atoms. The summed E-state index contributed by atoms with van der Waals surface area (Å²) >= 11 is 0. The summed E-state index contributed by atoms with van der Waals surface area (Å²) in [5, 5.41) is 9.55. The molecule has 0 saturated heterocycles. The Morgan fingerprint density at radius 2 is 2.05 bits per heavy atom. The number of nitrogens with one attached hydrogen (secondary N) is 2. The smallest absolute Gasteiger partial charge is 0.413 e. The van der Waals surface area contributed by atoms with E-state index in [0.717, 1.165) is 11.3 Å². The quantitative estimate of drug-likeness (QED) is 0.876.